The molecule has 0 heteroatoms. The van der Waals surface area contributed by atoms with Crippen LogP contribution in [0.2, 0.25) is 0 Å². The first-order valence-electron chi connectivity index (χ1n) is 15.2. The average Bonchev–Trinajstić information content (AvgIpc) is 3.27. The van der Waals surface area contributed by atoms with Gasteiger partial charge in [-0.05, 0) is 106 Å². The van der Waals surface area contributed by atoms with Crippen LogP contribution in [-0.4, -0.2) is 0 Å². The van der Waals surface area contributed by atoms with Gasteiger partial charge < -0.3 is 0 Å². The van der Waals surface area contributed by atoms with Gasteiger partial charge in [0.2, 0.25) is 0 Å². The van der Waals surface area contributed by atoms with Gasteiger partial charge in [0, 0.05) is 5.41 Å². The van der Waals surface area contributed by atoms with Gasteiger partial charge in [-0.15, -0.1) is 0 Å². The maximum atomic E-state index is 2.47. The van der Waals surface area contributed by atoms with Gasteiger partial charge in [0.15, 0.2) is 0 Å². The SMILES string of the molecule is CC1(C)c2ccc(-c3c4ccccc4c(-c4ccccc4)c4ccccc34)cc2-c2cc3c(ccc4ccccc43)cc21. The molecule has 0 fully saturated rings. The molecule has 1 aliphatic carbocycles. The molecular weight excluding hydrogens is 516 g/mol. The second-order valence-electron chi connectivity index (χ2n) is 12.5. The Balaban J connectivity index is 1.35. The fourth-order valence-electron chi connectivity index (χ4n) is 7.76. The van der Waals surface area contributed by atoms with Gasteiger partial charge in [0.1, 0.15) is 0 Å². The third-order valence-corrected chi connectivity index (χ3v) is 9.82. The van der Waals surface area contributed by atoms with E-state index in [1.807, 2.05) is 0 Å². The lowest BCUT2D eigenvalue weighted by Crippen LogP contribution is -2.14. The summed E-state index contributed by atoms with van der Waals surface area (Å²) in [6.07, 6.45) is 0. The van der Waals surface area contributed by atoms with Crippen molar-refractivity contribution in [2.24, 2.45) is 0 Å². The van der Waals surface area contributed by atoms with Crippen LogP contribution in [0.25, 0.3) is 76.5 Å². The Bertz CT molecular complexity index is 2350. The minimum absolute atomic E-state index is 0.0651. The highest BCUT2D eigenvalue weighted by Gasteiger charge is 2.36. The predicted octanol–water partition coefficient (Wildman–Crippen LogP) is 11.9. The fourth-order valence-corrected chi connectivity index (χ4v) is 7.76. The summed E-state index contributed by atoms with van der Waals surface area (Å²) in [7, 11) is 0. The van der Waals surface area contributed by atoms with E-state index in [2.05, 4.69) is 159 Å². The summed E-state index contributed by atoms with van der Waals surface area (Å²) in [4.78, 5) is 0. The molecule has 0 heterocycles. The first-order chi connectivity index (χ1) is 21.1. The van der Waals surface area contributed by atoms with Crippen LogP contribution in [0.15, 0.2) is 146 Å². The van der Waals surface area contributed by atoms with Crippen molar-refractivity contribution < 1.29 is 0 Å². The summed E-state index contributed by atoms with van der Waals surface area (Å²) in [5.74, 6) is 0. The van der Waals surface area contributed by atoms with Crippen LogP contribution in [0.1, 0.15) is 25.0 Å². The second kappa shape index (κ2) is 8.90. The third kappa shape index (κ3) is 3.44. The zero-order valence-corrected chi connectivity index (χ0v) is 24.4. The van der Waals surface area contributed by atoms with Crippen molar-refractivity contribution in [1.82, 2.24) is 0 Å². The van der Waals surface area contributed by atoms with Crippen LogP contribution in [0.5, 0.6) is 0 Å². The van der Waals surface area contributed by atoms with Crippen molar-refractivity contribution in [3.05, 3.63) is 157 Å². The van der Waals surface area contributed by atoms with Crippen LogP contribution in [0.3, 0.4) is 0 Å². The topological polar surface area (TPSA) is 0 Å². The highest BCUT2D eigenvalue weighted by Crippen LogP contribution is 2.52. The van der Waals surface area contributed by atoms with E-state index in [9.17, 15) is 0 Å². The summed E-state index contributed by atoms with van der Waals surface area (Å²) in [6, 6.07) is 54.1. The molecule has 8 aromatic rings. The van der Waals surface area contributed by atoms with E-state index < -0.39 is 0 Å². The zero-order chi connectivity index (χ0) is 28.7. The Morgan fingerprint density at radius 1 is 0.349 bits per heavy atom. The first kappa shape index (κ1) is 24.4. The molecule has 0 aromatic heterocycles. The average molecular weight is 547 g/mol. The van der Waals surface area contributed by atoms with Crippen molar-refractivity contribution in [2.75, 3.05) is 0 Å². The van der Waals surface area contributed by atoms with E-state index >= 15 is 0 Å². The third-order valence-electron chi connectivity index (χ3n) is 9.82. The fraction of sp³-hybridized carbons (Fsp3) is 0.0698. The summed E-state index contributed by atoms with van der Waals surface area (Å²) >= 11 is 0. The highest BCUT2D eigenvalue weighted by molar-refractivity contribution is 6.21. The van der Waals surface area contributed by atoms with Crippen LogP contribution in [0.4, 0.5) is 0 Å². The van der Waals surface area contributed by atoms with Gasteiger partial charge in [-0.3, -0.25) is 0 Å². The number of rotatable bonds is 2. The highest BCUT2D eigenvalue weighted by atomic mass is 14.4. The first-order valence-corrected chi connectivity index (χ1v) is 15.2. The van der Waals surface area contributed by atoms with E-state index in [0.717, 1.165) is 0 Å². The summed E-state index contributed by atoms with van der Waals surface area (Å²) in [6.45, 7) is 4.76. The second-order valence-corrected chi connectivity index (χ2v) is 12.5. The van der Waals surface area contributed by atoms with Crippen LogP contribution in [-0.2, 0) is 5.41 Å². The molecule has 202 valence electrons. The Labute approximate surface area is 251 Å². The van der Waals surface area contributed by atoms with E-state index in [0.29, 0.717) is 0 Å². The van der Waals surface area contributed by atoms with Crippen molar-refractivity contribution in [3.63, 3.8) is 0 Å². The van der Waals surface area contributed by atoms with Crippen LogP contribution in [0, 0.1) is 0 Å². The van der Waals surface area contributed by atoms with Gasteiger partial charge in [0.05, 0.1) is 0 Å². The molecule has 0 bridgehead atoms. The summed E-state index contributed by atoms with van der Waals surface area (Å²) < 4.78 is 0. The van der Waals surface area contributed by atoms with Crippen LogP contribution < -0.4 is 0 Å². The van der Waals surface area contributed by atoms with E-state index in [4.69, 9.17) is 0 Å². The van der Waals surface area contributed by atoms with Crippen molar-refractivity contribution in [1.29, 1.82) is 0 Å². The Hall–Kier alpha value is -5.20. The standard InChI is InChI=1S/C43H30/c1-43(2)39-23-22-30(24-37(39)38-26-36-29(25-40(38)43)21-20-27-12-6-7-15-31(27)36)42-34-18-10-8-16-32(34)41(28-13-4-3-5-14-28)33-17-9-11-19-35(33)42/h3-26H,1-2H3. The number of benzene rings is 8. The van der Waals surface area contributed by atoms with Gasteiger partial charge in [0.25, 0.3) is 0 Å². The number of fused-ring (bicyclic) bond motifs is 8. The molecular formula is C43H30. The lowest BCUT2D eigenvalue weighted by Gasteiger charge is -2.22. The van der Waals surface area contributed by atoms with E-state index in [1.54, 1.807) is 0 Å². The normalized spacial score (nSPS) is 13.5. The number of hydrogen-bond acceptors (Lipinski definition) is 0. The molecule has 0 atom stereocenters. The Kier molecular flexibility index (Phi) is 5.05. The molecule has 0 amide bonds. The molecule has 0 saturated carbocycles. The maximum Gasteiger partial charge on any atom is 0.0159 e. The summed E-state index contributed by atoms with van der Waals surface area (Å²) in [5, 5.41) is 10.4. The summed E-state index contributed by atoms with van der Waals surface area (Å²) in [5.41, 5.74) is 10.6. The molecule has 0 unspecified atom stereocenters. The molecule has 0 nitrogen and oxygen atoms in total. The van der Waals surface area contributed by atoms with Crippen LogP contribution >= 0.6 is 0 Å². The van der Waals surface area contributed by atoms with E-state index in [-0.39, 0.29) is 5.41 Å². The molecule has 9 rings (SSSR count). The molecule has 43 heavy (non-hydrogen) atoms. The van der Waals surface area contributed by atoms with Crippen molar-refractivity contribution in [2.45, 2.75) is 19.3 Å². The minimum atomic E-state index is -0.0651. The Morgan fingerprint density at radius 2 is 0.884 bits per heavy atom. The lowest BCUT2D eigenvalue weighted by molar-refractivity contribution is 0.661. The molecule has 0 saturated heterocycles. The van der Waals surface area contributed by atoms with Crippen molar-refractivity contribution >= 4 is 43.1 Å². The van der Waals surface area contributed by atoms with Gasteiger partial charge in [-0.2, -0.15) is 0 Å². The van der Waals surface area contributed by atoms with E-state index in [1.165, 1.54) is 87.6 Å². The minimum Gasteiger partial charge on any atom is -0.0622 e. The Morgan fingerprint density at radius 3 is 1.56 bits per heavy atom. The van der Waals surface area contributed by atoms with Crippen molar-refractivity contribution in [3.8, 4) is 33.4 Å². The van der Waals surface area contributed by atoms with Gasteiger partial charge >= 0.3 is 0 Å². The molecule has 0 spiro atoms. The molecule has 0 aliphatic heterocycles. The lowest BCUT2D eigenvalue weighted by atomic mass is 9.81. The van der Waals surface area contributed by atoms with Gasteiger partial charge in [-0.25, -0.2) is 0 Å². The maximum absolute atomic E-state index is 2.47. The number of hydrogen-bond donors (Lipinski definition) is 0. The molecule has 0 N–H and O–H groups in total. The smallest absolute Gasteiger partial charge is 0.0159 e. The quantitative estimate of drug-likeness (QED) is 0.149. The largest absolute Gasteiger partial charge is 0.0622 e. The molecule has 1 aliphatic rings. The monoisotopic (exact) mass is 546 g/mol. The zero-order valence-electron chi connectivity index (χ0n) is 24.4. The molecule has 8 aromatic carbocycles. The van der Waals surface area contributed by atoms with Gasteiger partial charge in [-0.1, -0.05) is 141 Å². The predicted molar refractivity (Wildman–Crippen MR) is 185 cm³/mol. The molecule has 0 radical (unpaired) electrons.